The molecule has 1 aromatic heterocycles. The molecule has 0 spiro atoms. The van der Waals surface area contributed by atoms with Crippen molar-refractivity contribution >= 4 is 21.7 Å². The van der Waals surface area contributed by atoms with E-state index in [0.717, 1.165) is 24.7 Å². The molecule has 2 aliphatic carbocycles. The molecule has 0 aromatic carbocycles. The quantitative estimate of drug-likeness (QED) is 0.783. The van der Waals surface area contributed by atoms with Gasteiger partial charge in [-0.2, -0.15) is 0 Å². The van der Waals surface area contributed by atoms with Gasteiger partial charge in [0.05, 0.1) is 0 Å². The van der Waals surface area contributed by atoms with Crippen LogP contribution in [0.2, 0.25) is 0 Å². The summed E-state index contributed by atoms with van der Waals surface area (Å²) in [5.41, 5.74) is 0.638. The smallest absolute Gasteiger partial charge is 0.186 e. The number of hydrogen-bond donors (Lipinski definition) is 0. The second-order valence-electron chi connectivity index (χ2n) is 6.03. The van der Waals surface area contributed by atoms with E-state index < -0.39 is 0 Å². The largest absolute Gasteiger partial charge is 0.292 e. The molecule has 1 heterocycles. The molecule has 1 aromatic rings. The zero-order chi connectivity index (χ0) is 13.4. The van der Waals surface area contributed by atoms with Crippen molar-refractivity contribution in [3.63, 3.8) is 0 Å². The Kier molecular flexibility index (Phi) is 3.74. The molecule has 0 radical (unpaired) electrons. The van der Waals surface area contributed by atoms with Gasteiger partial charge < -0.3 is 0 Å². The lowest BCUT2D eigenvalue weighted by Crippen LogP contribution is -2.32. The van der Waals surface area contributed by atoms with Gasteiger partial charge in [-0.05, 0) is 47.0 Å². The number of fused-ring (bicyclic) bond motifs is 1. The molecule has 19 heavy (non-hydrogen) atoms. The van der Waals surface area contributed by atoms with Crippen molar-refractivity contribution in [1.82, 2.24) is 15.0 Å². The van der Waals surface area contributed by atoms with Crippen molar-refractivity contribution in [2.75, 3.05) is 0 Å². The van der Waals surface area contributed by atoms with Crippen LogP contribution >= 0.6 is 15.9 Å². The van der Waals surface area contributed by atoms with Crippen LogP contribution in [0.3, 0.4) is 0 Å². The average molecular weight is 326 g/mol. The van der Waals surface area contributed by atoms with Gasteiger partial charge in [-0.15, -0.1) is 5.10 Å². The Morgan fingerprint density at radius 3 is 2.63 bits per heavy atom. The van der Waals surface area contributed by atoms with Gasteiger partial charge in [0.15, 0.2) is 10.4 Å². The maximum atomic E-state index is 12.6. The van der Waals surface area contributed by atoms with E-state index in [9.17, 15) is 4.79 Å². The highest BCUT2D eigenvalue weighted by Crippen LogP contribution is 2.43. The minimum atomic E-state index is 0.174. The molecule has 0 amide bonds. The first-order valence-corrected chi connectivity index (χ1v) is 8.05. The van der Waals surface area contributed by atoms with E-state index in [1.807, 2.05) is 0 Å². The molecule has 3 rings (SSSR count). The lowest BCUT2D eigenvalue weighted by Gasteiger charge is -2.38. The van der Waals surface area contributed by atoms with Crippen LogP contribution in [0.1, 0.15) is 55.4 Å². The maximum absolute atomic E-state index is 12.6. The summed E-state index contributed by atoms with van der Waals surface area (Å²) in [5.74, 6) is 2.05. The van der Waals surface area contributed by atoms with E-state index >= 15 is 0 Å². The van der Waals surface area contributed by atoms with Crippen LogP contribution in [-0.4, -0.2) is 20.8 Å². The Balaban J connectivity index is 1.74. The molecule has 0 N–H and O–H groups in total. The van der Waals surface area contributed by atoms with E-state index in [2.05, 4.69) is 26.2 Å². The monoisotopic (exact) mass is 325 g/mol. The van der Waals surface area contributed by atoms with Crippen LogP contribution in [0.15, 0.2) is 4.60 Å². The number of carbonyl (C=O) groups excluding carboxylic acids is 1. The summed E-state index contributed by atoms with van der Waals surface area (Å²) < 4.78 is 2.19. The maximum Gasteiger partial charge on any atom is 0.186 e. The number of hydrogen-bond acceptors (Lipinski definition) is 3. The van der Waals surface area contributed by atoms with Crippen LogP contribution in [-0.2, 0) is 7.05 Å². The first-order valence-electron chi connectivity index (χ1n) is 7.26. The first kappa shape index (κ1) is 13.3. The molecule has 3 unspecified atom stereocenters. The van der Waals surface area contributed by atoms with Gasteiger partial charge in [-0.25, -0.2) is 4.68 Å². The Morgan fingerprint density at radius 2 is 1.95 bits per heavy atom. The summed E-state index contributed by atoms with van der Waals surface area (Å²) in [6.07, 6.45) is 8.76. The lowest BCUT2D eigenvalue weighted by atomic mass is 9.66. The average Bonchev–Trinajstić information content (AvgIpc) is 2.77. The minimum Gasteiger partial charge on any atom is -0.292 e. The van der Waals surface area contributed by atoms with E-state index in [1.165, 1.54) is 32.1 Å². The van der Waals surface area contributed by atoms with Gasteiger partial charge in [0, 0.05) is 13.0 Å². The fourth-order valence-electron chi connectivity index (χ4n) is 3.90. The third-order valence-electron chi connectivity index (χ3n) is 4.93. The van der Waals surface area contributed by atoms with Crippen LogP contribution in [0.4, 0.5) is 0 Å². The highest BCUT2D eigenvalue weighted by Gasteiger charge is 2.36. The SMILES string of the molecule is Cn1nnc(Br)c1C(=O)C1CCC2CCCCC2C1. The second kappa shape index (κ2) is 5.35. The van der Waals surface area contributed by atoms with Crippen molar-refractivity contribution in [1.29, 1.82) is 0 Å². The van der Waals surface area contributed by atoms with Gasteiger partial charge in [0.25, 0.3) is 0 Å². The van der Waals surface area contributed by atoms with Crippen molar-refractivity contribution in [3.05, 3.63) is 10.3 Å². The molecule has 0 aliphatic heterocycles. The first-order chi connectivity index (χ1) is 9.16. The van der Waals surface area contributed by atoms with Crippen LogP contribution in [0, 0.1) is 17.8 Å². The fourth-order valence-corrected chi connectivity index (χ4v) is 4.42. The topological polar surface area (TPSA) is 47.8 Å². The molecule has 3 atom stereocenters. The van der Waals surface area contributed by atoms with Gasteiger partial charge in [-0.3, -0.25) is 4.79 Å². The third kappa shape index (κ3) is 2.49. The summed E-state index contributed by atoms with van der Waals surface area (Å²) in [6.45, 7) is 0. The molecule has 0 saturated heterocycles. The molecule has 4 nitrogen and oxygen atoms in total. The summed E-state index contributed by atoms with van der Waals surface area (Å²) in [7, 11) is 1.79. The molecule has 104 valence electrons. The van der Waals surface area contributed by atoms with Crippen LogP contribution in [0.5, 0.6) is 0 Å². The number of nitrogens with zero attached hydrogens (tertiary/aromatic N) is 3. The molecule has 2 aliphatic rings. The lowest BCUT2D eigenvalue weighted by molar-refractivity contribution is 0.0753. The molecule has 2 saturated carbocycles. The summed E-state index contributed by atoms with van der Waals surface area (Å²) in [6, 6.07) is 0. The third-order valence-corrected chi connectivity index (χ3v) is 5.46. The number of ketones is 1. The van der Waals surface area contributed by atoms with Gasteiger partial charge in [-0.1, -0.05) is 30.9 Å². The van der Waals surface area contributed by atoms with E-state index in [-0.39, 0.29) is 11.7 Å². The molecular formula is C14H20BrN3O. The van der Waals surface area contributed by atoms with Crippen molar-refractivity contribution in [2.45, 2.75) is 44.9 Å². The zero-order valence-electron chi connectivity index (χ0n) is 11.3. The van der Waals surface area contributed by atoms with E-state index in [4.69, 9.17) is 0 Å². The molecular weight excluding hydrogens is 306 g/mol. The predicted octanol–water partition coefficient (Wildman–Crippen LogP) is 3.37. The number of aryl methyl sites for hydroxylation is 1. The number of rotatable bonds is 2. The second-order valence-corrected chi connectivity index (χ2v) is 6.78. The zero-order valence-corrected chi connectivity index (χ0v) is 12.9. The van der Waals surface area contributed by atoms with Crippen molar-refractivity contribution in [2.24, 2.45) is 24.8 Å². The van der Waals surface area contributed by atoms with Crippen molar-refractivity contribution < 1.29 is 4.79 Å². The van der Waals surface area contributed by atoms with Crippen LogP contribution in [0.25, 0.3) is 0 Å². The minimum absolute atomic E-state index is 0.174. The predicted molar refractivity (Wildman–Crippen MR) is 75.8 cm³/mol. The standard InChI is InChI=1S/C14H20BrN3O/c1-18-12(14(15)16-17-18)13(19)11-7-6-9-4-2-3-5-10(9)8-11/h9-11H,2-8H2,1H3. The van der Waals surface area contributed by atoms with Crippen molar-refractivity contribution in [3.8, 4) is 0 Å². The normalized spacial score (nSPS) is 30.9. The van der Waals surface area contributed by atoms with Crippen LogP contribution < -0.4 is 0 Å². The number of aromatic nitrogens is 3. The summed E-state index contributed by atoms with van der Waals surface area (Å²) in [5, 5.41) is 7.83. The van der Waals surface area contributed by atoms with E-state index in [0.29, 0.717) is 10.3 Å². The summed E-state index contributed by atoms with van der Waals surface area (Å²) >= 11 is 3.34. The molecule has 2 fully saturated rings. The molecule has 0 bridgehead atoms. The Labute approximate surface area is 122 Å². The van der Waals surface area contributed by atoms with Gasteiger partial charge >= 0.3 is 0 Å². The summed E-state index contributed by atoms with van der Waals surface area (Å²) in [4.78, 5) is 12.6. The fraction of sp³-hybridized carbons (Fsp3) is 0.786. The Morgan fingerprint density at radius 1 is 1.21 bits per heavy atom. The number of halogens is 1. The Bertz CT molecular complexity index is 466. The van der Waals surface area contributed by atoms with Gasteiger partial charge in [0.2, 0.25) is 0 Å². The highest BCUT2D eigenvalue weighted by atomic mass is 79.9. The highest BCUT2D eigenvalue weighted by molar-refractivity contribution is 9.10. The number of carbonyl (C=O) groups is 1. The van der Waals surface area contributed by atoms with Gasteiger partial charge in [0.1, 0.15) is 5.69 Å². The number of Topliss-reactive ketones (excluding diaryl/α,β-unsaturated/α-hetero) is 1. The molecule has 5 heteroatoms. The Hall–Kier alpha value is -0.710. The van der Waals surface area contributed by atoms with E-state index in [1.54, 1.807) is 11.7 Å².